The van der Waals surface area contributed by atoms with Crippen molar-refractivity contribution < 1.29 is 90.2 Å². The molecule has 0 saturated carbocycles. The third kappa shape index (κ3) is 16.1. The molecule has 0 aliphatic carbocycles. The number of hydrogen-bond acceptors (Lipinski definition) is 16. The van der Waals surface area contributed by atoms with Crippen LogP contribution in [0.3, 0.4) is 0 Å². The summed E-state index contributed by atoms with van der Waals surface area (Å²) < 4.78 is 152. The second kappa shape index (κ2) is 28.6. The number of halogens is 3. The van der Waals surface area contributed by atoms with E-state index in [4.69, 9.17) is 27.9 Å². The molecule has 0 unspecified atom stereocenters. The molecule has 31 heteroatoms. The van der Waals surface area contributed by atoms with Gasteiger partial charge in [0.1, 0.15) is 68.2 Å². The summed E-state index contributed by atoms with van der Waals surface area (Å²) in [6.07, 6.45) is 3.46. The van der Waals surface area contributed by atoms with Crippen molar-refractivity contribution in [1.82, 2.24) is 20.1 Å². The van der Waals surface area contributed by atoms with E-state index >= 15 is 0 Å². The summed E-state index contributed by atoms with van der Waals surface area (Å²) in [7, 11) is -9.55. The zero-order chi connectivity index (χ0) is 72.6. The van der Waals surface area contributed by atoms with Crippen LogP contribution in [0.1, 0.15) is 128 Å². The van der Waals surface area contributed by atoms with Crippen LogP contribution in [-0.2, 0) is 59.4 Å². The van der Waals surface area contributed by atoms with Crippen LogP contribution in [0.15, 0.2) is 122 Å². The van der Waals surface area contributed by atoms with Gasteiger partial charge in [0.15, 0.2) is 0 Å². The maximum absolute atomic E-state index is 13.5. The first kappa shape index (κ1) is 72.6. The fourth-order valence-electron chi connectivity index (χ4n) is 11.9. The minimum Gasteiger partial charge on any atom is -0.478 e. The van der Waals surface area contributed by atoms with Crippen molar-refractivity contribution in [2.24, 2.45) is 5.14 Å². The monoisotopic (exact) mass is 1440 g/mol. The predicted octanol–water partition coefficient (Wildman–Crippen LogP) is 12.3. The van der Waals surface area contributed by atoms with Gasteiger partial charge >= 0.3 is 38.6 Å². The Morgan fingerprint density at radius 3 is 1.04 bits per heavy atom. The molecule has 3 aromatic heterocycles. The van der Waals surface area contributed by atoms with Crippen molar-refractivity contribution in [2.45, 2.75) is 111 Å². The molecule has 0 fully saturated rings. The molecule has 100 heavy (non-hydrogen) atoms. The topological polar surface area (TPSA) is 350 Å². The van der Waals surface area contributed by atoms with E-state index in [1.807, 2.05) is 9.44 Å². The van der Waals surface area contributed by atoms with Gasteiger partial charge in [-0.05, 0) is 207 Å². The third-order valence-corrected chi connectivity index (χ3v) is 20.0. The van der Waals surface area contributed by atoms with Crippen molar-refractivity contribution in [3.8, 4) is 34.0 Å². The molecular formula is C69H73F3N8O17S3. The maximum Gasteiger partial charge on any atom is 0.422 e. The fourth-order valence-corrected chi connectivity index (χ4v) is 15.1. The Bertz CT molecular complexity index is 5030. The number of nitrogens with zero attached hydrogens (tertiary/aromatic N) is 3. The number of nitrogens with two attached hydrogens (primary N) is 1. The van der Waals surface area contributed by atoms with E-state index in [9.17, 15) is 67.5 Å². The van der Waals surface area contributed by atoms with Gasteiger partial charge in [-0.25, -0.2) is 42.1 Å². The molecule has 3 aliphatic rings. The lowest BCUT2D eigenvalue weighted by Crippen LogP contribution is -2.45. The number of benzene rings is 6. The lowest BCUT2D eigenvalue weighted by molar-refractivity contribution is 0.0557. The minimum absolute atomic E-state index is 0.0361. The van der Waals surface area contributed by atoms with E-state index in [0.717, 1.165) is 20.6 Å². The number of ether oxygens (including phenoxy) is 2. The number of anilines is 3. The molecule has 0 radical (unpaired) electrons. The average molecular weight is 1440 g/mol. The van der Waals surface area contributed by atoms with E-state index in [-0.39, 0.29) is 65.0 Å². The van der Waals surface area contributed by atoms with Crippen LogP contribution in [0.2, 0.25) is 0 Å². The van der Waals surface area contributed by atoms with Gasteiger partial charge in [0, 0.05) is 84.8 Å². The Morgan fingerprint density at radius 2 is 0.750 bits per heavy atom. The van der Waals surface area contributed by atoms with Crippen LogP contribution in [0.25, 0.3) is 66.9 Å². The highest BCUT2D eigenvalue weighted by molar-refractivity contribution is 7.91. The SMILES string of the molecule is CC(C)(C)OC(=O)NS(=O)(=O)N1CCCCc2cc3c(C(=O)O)c(-c4ccc(F)cc4)oc3cc21.CNC(=O)c1c(-c2ccc(F)cc2)oc2cc3c(cc12)CCCCN3S(=O)(=O)NC(=O)OC(C)(C)C.CNC(=O)c1c(-c2ccc(F)cc2)oc2cc3c(cc12)CCCCN3S(N)(=O)=O. The summed E-state index contributed by atoms with van der Waals surface area (Å²) in [6.45, 7) is 10.3. The number of rotatable bonds is 11. The maximum atomic E-state index is 13.5. The molecule has 3 aliphatic heterocycles. The largest absolute Gasteiger partial charge is 0.478 e. The Kier molecular flexibility index (Phi) is 20.8. The molecule has 0 atom stereocenters. The fraction of sp³-hybridized carbons (Fsp3) is 0.319. The van der Waals surface area contributed by atoms with E-state index in [2.05, 4.69) is 10.6 Å². The summed E-state index contributed by atoms with van der Waals surface area (Å²) >= 11 is 0. The van der Waals surface area contributed by atoms with Gasteiger partial charge in [-0.3, -0.25) is 22.5 Å². The number of furan rings is 3. The minimum atomic E-state index is -4.33. The Balaban J connectivity index is 0.000000163. The molecule has 12 rings (SSSR count). The van der Waals surface area contributed by atoms with Gasteiger partial charge in [-0.1, -0.05) is 0 Å². The van der Waals surface area contributed by atoms with Gasteiger partial charge in [0.2, 0.25) is 0 Å². The molecule has 0 saturated heterocycles. The number of carboxylic acids is 1. The second-order valence-corrected chi connectivity index (χ2v) is 30.3. The van der Waals surface area contributed by atoms with Crippen molar-refractivity contribution in [1.29, 1.82) is 0 Å². The smallest absolute Gasteiger partial charge is 0.422 e. The number of aryl methyl sites for hydroxylation is 3. The van der Waals surface area contributed by atoms with Crippen molar-refractivity contribution in [3.05, 3.63) is 160 Å². The summed E-state index contributed by atoms with van der Waals surface area (Å²) in [5.41, 5.74) is 4.08. The molecule has 25 nitrogen and oxygen atoms in total. The Morgan fingerprint density at radius 1 is 0.460 bits per heavy atom. The van der Waals surface area contributed by atoms with Crippen LogP contribution in [0, 0.1) is 17.5 Å². The normalized spacial score (nSPS) is 14.3. The molecule has 9 aromatic rings. The van der Waals surface area contributed by atoms with Crippen molar-refractivity contribution >= 4 is 111 Å². The molecule has 0 bridgehead atoms. The summed E-state index contributed by atoms with van der Waals surface area (Å²) in [4.78, 5) is 62.0. The van der Waals surface area contributed by atoms with E-state index < -0.39 is 83.3 Å². The first-order chi connectivity index (χ1) is 47.0. The van der Waals surface area contributed by atoms with Gasteiger partial charge in [0.05, 0.1) is 28.2 Å². The number of carboxylic acid groups (broad SMARTS) is 1. The lowest BCUT2D eigenvalue weighted by Gasteiger charge is -2.26. The number of nitrogens with one attached hydrogen (secondary N) is 4. The summed E-state index contributed by atoms with van der Waals surface area (Å²) in [6, 6.07) is 26.1. The van der Waals surface area contributed by atoms with E-state index in [1.54, 1.807) is 71.9 Å². The highest BCUT2D eigenvalue weighted by Crippen LogP contribution is 2.43. The highest BCUT2D eigenvalue weighted by Gasteiger charge is 2.36. The summed E-state index contributed by atoms with van der Waals surface area (Å²) in [5.74, 6) is -2.71. The lowest BCUT2D eigenvalue weighted by atomic mass is 10.0. The molecule has 7 N–H and O–H groups in total. The number of carbonyl (C=O) groups excluding carboxylic acids is 4. The van der Waals surface area contributed by atoms with Crippen molar-refractivity contribution in [3.63, 3.8) is 0 Å². The van der Waals surface area contributed by atoms with Crippen LogP contribution >= 0.6 is 0 Å². The van der Waals surface area contributed by atoms with Gasteiger partial charge < -0.3 is 38.5 Å². The van der Waals surface area contributed by atoms with E-state index in [0.29, 0.717) is 124 Å². The number of fused-ring (bicyclic) bond motifs is 6. The van der Waals surface area contributed by atoms with Gasteiger partial charge in [-0.2, -0.15) is 25.3 Å². The Hall–Kier alpha value is -10.1. The molecule has 6 aromatic carbocycles. The van der Waals surface area contributed by atoms with E-state index in [1.165, 1.54) is 97.3 Å². The number of hydrogen-bond donors (Lipinski definition) is 6. The number of amides is 4. The van der Waals surface area contributed by atoms with Crippen LogP contribution in [0.4, 0.5) is 39.8 Å². The first-order valence-electron chi connectivity index (χ1n) is 31.7. The molecule has 4 amide bonds. The zero-order valence-electron chi connectivity index (χ0n) is 55.6. The predicted molar refractivity (Wildman–Crippen MR) is 369 cm³/mol. The standard InChI is InChI=1S/C25H28FN3O6S.C24H25FN2O7S.C20H20FN3O4S/c1-25(2,3)35-24(31)28-36(32,33)29-12-6-5-7-16-13-18-20(14-19(16)29)34-22(21(18)23(30)27-4)15-8-10-17(26)11-9-15;1-24(2,3)34-23(30)26-35(31,32)27-11-5-4-6-15-12-17-19(13-18(15)27)33-21(20(17)22(28)29)14-7-9-16(25)10-8-14;1-23-20(25)18-15-10-13-4-2-3-9-24(29(22,26)27)16(13)11-17(15)28-19(18)12-5-7-14(21)8-6-12/h8-11,13-14H,5-7,12H2,1-4H3,(H,27,30)(H,28,31);7-10,12-13H,4-6,11H2,1-3H3,(H,26,30)(H,28,29);5-8,10-11H,2-4,9H2,1H3,(H,23,25)(H2,22,26,27). The second-order valence-electron chi connectivity index (χ2n) is 25.7. The molecule has 6 heterocycles. The quantitative estimate of drug-likeness (QED) is 0.0700. The first-order valence-corrected chi connectivity index (χ1v) is 36.0. The molecule has 0 spiro atoms. The average Bonchev–Trinajstić information content (AvgIpc) is 1.61. The zero-order valence-corrected chi connectivity index (χ0v) is 58.1. The summed E-state index contributed by atoms with van der Waals surface area (Å²) in [5, 5.41) is 21.9. The van der Waals surface area contributed by atoms with Crippen LogP contribution in [0.5, 0.6) is 0 Å². The van der Waals surface area contributed by atoms with Crippen LogP contribution in [-0.4, -0.2) is 105 Å². The number of aromatic carboxylic acids is 1. The molecular weight excluding hydrogens is 1370 g/mol. The van der Waals surface area contributed by atoms with Crippen molar-refractivity contribution in [2.75, 3.05) is 46.6 Å². The highest BCUT2D eigenvalue weighted by atomic mass is 32.2. The molecule has 530 valence electrons. The van der Waals surface area contributed by atoms with Gasteiger partial charge in [-0.15, -0.1) is 0 Å². The number of carbonyl (C=O) groups is 5. The van der Waals surface area contributed by atoms with Crippen LogP contribution < -0.4 is 38.1 Å². The third-order valence-electron chi connectivity index (χ3n) is 16.2. The van der Waals surface area contributed by atoms with Gasteiger partial charge in [0.25, 0.3) is 22.0 Å². The Labute approximate surface area is 574 Å².